The maximum atomic E-state index is 12.4. The van der Waals surface area contributed by atoms with E-state index in [1.165, 1.54) is 11.3 Å². The van der Waals surface area contributed by atoms with Gasteiger partial charge in [-0.2, -0.15) is 0 Å². The van der Waals surface area contributed by atoms with Crippen LogP contribution >= 0.6 is 11.3 Å². The number of fused-ring (bicyclic) bond motifs is 5. The molecule has 6 nitrogen and oxygen atoms in total. The van der Waals surface area contributed by atoms with Crippen LogP contribution in [-0.2, 0) is 14.4 Å². The zero-order valence-corrected chi connectivity index (χ0v) is 11.9. The Morgan fingerprint density at radius 2 is 1.95 bits per heavy atom. The fourth-order valence-electron chi connectivity index (χ4n) is 3.71. The summed E-state index contributed by atoms with van der Waals surface area (Å²) >= 11 is 1.30. The molecule has 0 unspecified atom stereocenters. The molecular weight excluding hydrogens is 290 g/mol. The van der Waals surface area contributed by atoms with Gasteiger partial charge in [0.05, 0.1) is 11.8 Å². The molecule has 0 spiro atoms. The minimum absolute atomic E-state index is 0.170. The van der Waals surface area contributed by atoms with Gasteiger partial charge in [0.25, 0.3) is 0 Å². The maximum absolute atomic E-state index is 12.4. The number of anilines is 1. The summed E-state index contributed by atoms with van der Waals surface area (Å²) in [7, 11) is 0. The smallest absolute Gasteiger partial charge is 0.246 e. The van der Waals surface area contributed by atoms with Gasteiger partial charge in [-0.1, -0.05) is 12.2 Å². The topological polar surface area (TPSA) is 79.4 Å². The molecule has 2 heterocycles. The number of thiazole rings is 1. The predicted molar refractivity (Wildman–Crippen MR) is 75.2 cm³/mol. The van der Waals surface area contributed by atoms with Gasteiger partial charge in [0, 0.05) is 11.6 Å². The highest BCUT2D eigenvalue weighted by Crippen LogP contribution is 2.52. The minimum atomic E-state index is -0.382. The molecule has 1 N–H and O–H groups in total. The quantitative estimate of drug-likeness (QED) is 0.664. The molecule has 3 aliphatic rings. The molecular formula is C14H13N3O3S. The van der Waals surface area contributed by atoms with E-state index >= 15 is 0 Å². The second kappa shape index (κ2) is 4.49. The van der Waals surface area contributed by atoms with Crippen LogP contribution < -0.4 is 5.32 Å². The second-order valence-corrected chi connectivity index (χ2v) is 6.54. The average molecular weight is 303 g/mol. The molecule has 108 valence electrons. The molecule has 1 saturated carbocycles. The van der Waals surface area contributed by atoms with Crippen LogP contribution in [0.15, 0.2) is 23.7 Å². The Morgan fingerprint density at radius 1 is 1.29 bits per heavy atom. The molecule has 4 rings (SSSR count). The number of carbonyl (C=O) groups is 3. The number of amides is 3. The summed E-state index contributed by atoms with van der Waals surface area (Å²) in [5, 5.41) is 4.82. The maximum Gasteiger partial charge on any atom is 0.246 e. The normalized spacial score (nSPS) is 32.9. The van der Waals surface area contributed by atoms with Crippen LogP contribution in [0.4, 0.5) is 5.13 Å². The first-order valence-electron chi connectivity index (χ1n) is 6.88. The van der Waals surface area contributed by atoms with Crippen molar-refractivity contribution in [2.45, 2.75) is 6.42 Å². The lowest BCUT2D eigenvalue weighted by atomic mass is 9.85. The van der Waals surface area contributed by atoms with E-state index in [9.17, 15) is 14.4 Å². The molecule has 0 radical (unpaired) electrons. The first-order valence-corrected chi connectivity index (χ1v) is 7.76. The van der Waals surface area contributed by atoms with Crippen molar-refractivity contribution in [3.63, 3.8) is 0 Å². The summed E-state index contributed by atoms with van der Waals surface area (Å²) in [6.07, 6.45) is 6.55. The van der Waals surface area contributed by atoms with E-state index < -0.39 is 0 Å². The number of hydrogen-bond acceptors (Lipinski definition) is 5. The Bertz CT molecular complexity index is 624. The van der Waals surface area contributed by atoms with Crippen LogP contribution in [0.1, 0.15) is 6.42 Å². The zero-order chi connectivity index (χ0) is 14.6. The Kier molecular flexibility index (Phi) is 2.72. The van der Waals surface area contributed by atoms with Crippen molar-refractivity contribution in [3.05, 3.63) is 23.7 Å². The number of likely N-dealkylation sites (tertiary alicyclic amines) is 1. The number of rotatable bonds is 3. The number of imide groups is 1. The minimum Gasteiger partial charge on any atom is -0.300 e. The number of allylic oxidation sites excluding steroid dienone is 2. The Morgan fingerprint density at radius 3 is 2.52 bits per heavy atom. The summed E-state index contributed by atoms with van der Waals surface area (Å²) in [4.78, 5) is 41.8. The number of hydrogen-bond donors (Lipinski definition) is 1. The van der Waals surface area contributed by atoms with Crippen molar-refractivity contribution in [3.8, 4) is 0 Å². The third kappa shape index (κ3) is 1.84. The monoisotopic (exact) mass is 303 g/mol. The van der Waals surface area contributed by atoms with E-state index in [1.807, 2.05) is 12.2 Å². The van der Waals surface area contributed by atoms with Crippen LogP contribution in [0.2, 0.25) is 0 Å². The van der Waals surface area contributed by atoms with Gasteiger partial charge in [-0.15, -0.1) is 11.3 Å². The SMILES string of the molecule is O=C(CN1C(=O)[C@@H]2[C@@H](C1=O)[C@H]1C=C[C@H]2C1)Nc1nccs1. The van der Waals surface area contributed by atoms with E-state index in [0.717, 1.165) is 11.3 Å². The van der Waals surface area contributed by atoms with Crippen LogP contribution in [0.25, 0.3) is 0 Å². The number of nitrogens with one attached hydrogen (secondary N) is 1. The highest BCUT2D eigenvalue weighted by atomic mass is 32.1. The van der Waals surface area contributed by atoms with Crippen molar-refractivity contribution in [1.29, 1.82) is 0 Å². The average Bonchev–Trinajstić information content (AvgIpc) is 3.20. The molecule has 1 aromatic rings. The van der Waals surface area contributed by atoms with E-state index in [-0.39, 0.29) is 47.9 Å². The lowest BCUT2D eigenvalue weighted by molar-refractivity contribution is -0.143. The number of carbonyl (C=O) groups excluding carboxylic acids is 3. The Hall–Kier alpha value is -2.02. The summed E-state index contributed by atoms with van der Waals surface area (Å²) in [5.74, 6) is -0.938. The van der Waals surface area contributed by atoms with Gasteiger partial charge in [-0.25, -0.2) is 4.98 Å². The number of aromatic nitrogens is 1. The molecule has 4 atom stereocenters. The molecule has 21 heavy (non-hydrogen) atoms. The Balaban J connectivity index is 1.48. The fraction of sp³-hybridized carbons (Fsp3) is 0.429. The van der Waals surface area contributed by atoms with Crippen molar-refractivity contribution < 1.29 is 14.4 Å². The number of nitrogens with zero attached hydrogens (tertiary/aromatic N) is 2. The summed E-state index contributed by atoms with van der Waals surface area (Å²) < 4.78 is 0. The fourth-order valence-corrected chi connectivity index (χ4v) is 4.25. The van der Waals surface area contributed by atoms with Crippen molar-refractivity contribution >= 4 is 34.2 Å². The summed E-state index contributed by atoms with van der Waals surface area (Å²) in [6.45, 7) is -0.219. The summed E-state index contributed by atoms with van der Waals surface area (Å²) in [5.41, 5.74) is 0. The lowest BCUT2D eigenvalue weighted by Gasteiger charge is -2.16. The molecule has 2 aliphatic carbocycles. The van der Waals surface area contributed by atoms with E-state index in [1.54, 1.807) is 11.6 Å². The molecule has 2 fully saturated rings. The van der Waals surface area contributed by atoms with Gasteiger partial charge in [0.2, 0.25) is 17.7 Å². The molecule has 1 saturated heterocycles. The molecule has 2 bridgehead atoms. The van der Waals surface area contributed by atoms with Crippen LogP contribution in [0.5, 0.6) is 0 Å². The molecule has 3 amide bonds. The van der Waals surface area contributed by atoms with Crippen molar-refractivity contribution in [2.24, 2.45) is 23.7 Å². The van der Waals surface area contributed by atoms with Crippen molar-refractivity contribution in [1.82, 2.24) is 9.88 Å². The van der Waals surface area contributed by atoms with Crippen LogP contribution in [-0.4, -0.2) is 34.2 Å². The van der Waals surface area contributed by atoms with Gasteiger partial charge in [0.1, 0.15) is 6.54 Å². The zero-order valence-electron chi connectivity index (χ0n) is 11.1. The standard InChI is InChI=1S/C14H13N3O3S/c18-9(16-14-15-3-4-21-14)6-17-12(19)10-7-1-2-8(5-7)11(10)13(17)20/h1-4,7-8,10-11H,5-6H2,(H,15,16,18)/t7-,8-,10-,11-/m0/s1. The molecule has 7 heteroatoms. The molecule has 1 aliphatic heterocycles. The van der Waals surface area contributed by atoms with E-state index in [0.29, 0.717) is 5.13 Å². The van der Waals surface area contributed by atoms with Crippen molar-refractivity contribution in [2.75, 3.05) is 11.9 Å². The first kappa shape index (κ1) is 12.7. The van der Waals surface area contributed by atoms with Gasteiger partial charge >= 0.3 is 0 Å². The second-order valence-electron chi connectivity index (χ2n) is 5.65. The lowest BCUT2D eigenvalue weighted by Crippen LogP contribution is -2.39. The molecule has 1 aromatic heterocycles. The third-order valence-electron chi connectivity index (χ3n) is 4.54. The highest BCUT2D eigenvalue weighted by Gasteiger charge is 2.59. The predicted octanol–water partition coefficient (Wildman–Crippen LogP) is 0.889. The van der Waals surface area contributed by atoms with E-state index in [2.05, 4.69) is 10.3 Å². The van der Waals surface area contributed by atoms with Gasteiger partial charge in [-0.05, 0) is 18.3 Å². The van der Waals surface area contributed by atoms with Crippen LogP contribution in [0.3, 0.4) is 0 Å². The largest absolute Gasteiger partial charge is 0.300 e. The van der Waals surface area contributed by atoms with Gasteiger partial charge in [-0.3, -0.25) is 19.3 Å². The van der Waals surface area contributed by atoms with Gasteiger partial charge in [0.15, 0.2) is 5.13 Å². The molecule has 0 aromatic carbocycles. The Labute approximate surface area is 124 Å². The highest BCUT2D eigenvalue weighted by molar-refractivity contribution is 7.13. The first-order chi connectivity index (χ1) is 10.1. The summed E-state index contributed by atoms with van der Waals surface area (Å²) in [6, 6.07) is 0. The van der Waals surface area contributed by atoms with Gasteiger partial charge < -0.3 is 5.32 Å². The third-order valence-corrected chi connectivity index (χ3v) is 5.23. The van der Waals surface area contributed by atoms with E-state index in [4.69, 9.17) is 0 Å². The van der Waals surface area contributed by atoms with Crippen LogP contribution in [0, 0.1) is 23.7 Å².